The molecule has 1 aromatic carbocycles. The summed E-state index contributed by atoms with van der Waals surface area (Å²) in [5.41, 5.74) is 1.10. The topological polar surface area (TPSA) is 43.4 Å². The van der Waals surface area contributed by atoms with Gasteiger partial charge in [-0.1, -0.05) is 28.7 Å². The second-order valence-corrected chi connectivity index (χ2v) is 40.6. The summed E-state index contributed by atoms with van der Waals surface area (Å²) in [6, 6.07) is 12.6. The van der Waals surface area contributed by atoms with E-state index in [0.717, 1.165) is 56.3 Å². The van der Waals surface area contributed by atoms with Crippen LogP contribution in [0.4, 0.5) is 0 Å². The molecule has 5 aliphatic rings. The standard InChI is InChI=1S/C46H72IN2O4Si.3C4H9.Sn/c1-6-41(53-54(7-2,8-3)9-4)43(51-35-37-24-26-39(50-5)27-25-37)46-40-28-32-48-31-22-18-13-11-10-12-16-20-29-45(44(46)48)33-38(40)34-49(46)42(52-36-45)23-19-15-14-17-21-30-47;3*1-3-4-2;/h1,6,14-15,21,24-27,30,38,40-44H,7-13,16-20,22-23,28-29,31-36H2,2-5H3;3*1,3-4H2,2H3;/b6-1?,15-14-,30-21-;;;;/t38?,40-,41+,42+,43-,44+,45-,46-;;;;/m1..../s1. The number of hydrogen-bond donors (Lipinski definition) is 0. The van der Waals surface area contributed by atoms with E-state index in [1.165, 1.54) is 141 Å². The zero-order valence-electron chi connectivity index (χ0n) is 44.1. The van der Waals surface area contributed by atoms with Gasteiger partial charge in [0.1, 0.15) is 0 Å². The van der Waals surface area contributed by atoms with Gasteiger partial charge >= 0.3 is 402 Å². The molecule has 4 heterocycles. The van der Waals surface area contributed by atoms with Gasteiger partial charge in [-0.25, -0.2) is 0 Å². The van der Waals surface area contributed by atoms with Crippen molar-refractivity contribution >= 4 is 49.3 Å². The zero-order valence-corrected chi connectivity index (χ0v) is 50.1. The van der Waals surface area contributed by atoms with Gasteiger partial charge < -0.3 is 0 Å². The van der Waals surface area contributed by atoms with Crippen LogP contribution in [0.3, 0.4) is 0 Å². The summed E-state index contributed by atoms with van der Waals surface area (Å²) in [5, 5.41) is 0. The van der Waals surface area contributed by atoms with Crippen molar-refractivity contribution < 1.29 is 18.6 Å². The second-order valence-electron chi connectivity index (χ2n) is 22.1. The summed E-state index contributed by atoms with van der Waals surface area (Å²) in [7, 11) is -0.362. The number of unbranched alkanes of at least 4 members (excludes halogenated alkanes) is 3. The van der Waals surface area contributed by atoms with Crippen molar-refractivity contribution in [1.29, 1.82) is 0 Å². The molecule has 1 saturated carbocycles. The number of benzene rings is 1. The van der Waals surface area contributed by atoms with Crippen molar-refractivity contribution in [1.82, 2.24) is 9.80 Å². The first-order valence-corrected chi connectivity index (χ1v) is 39.9. The Hall–Kier alpha value is -0.214. The van der Waals surface area contributed by atoms with Gasteiger partial charge in [0.05, 0.1) is 0 Å². The SMILES string of the molecule is CCC[CH2][Sn](/[CH]=C/[C@H](O[Si](CC)(CC)CC)[C@@H](OCc1ccc(OC)cc1)[C@@]12[C@@H]3CCN4CCCCCCCCCC[C@@]5(CO[C@@H](CC/C=C\C/C=C\I)N1CC3C5)[C@H]42)([CH2]CCC)[CH2]CCC. The molecule has 0 radical (unpaired) electrons. The molecule has 0 amide bonds. The van der Waals surface area contributed by atoms with Crippen LogP contribution in [0.15, 0.2) is 56.7 Å². The summed E-state index contributed by atoms with van der Waals surface area (Å²) in [4.78, 5) is 6.13. The molecule has 5 bridgehead atoms. The summed E-state index contributed by atoms with van der Waals surface area (Å²) in [6.45, 7) is 19.6. The Morgan fingerprint density at radius 1 is 0.836 bits per heavy atom. The fraction of sp³-hybridized carbons (Fsp3) is 0.793. The summed E-state index contributed by atoms with van der Waals surface area (Å²) in [6.07, 6.45) is 35.5. The monoisotopic (exact) mass is 1160 g/mol. The Balaban J connectivity index is 1.60. The minimum absolute atomic E-state index is 0.0694. The number of piperidine rings is 1. The van der Waals surface area contributed by atoms with Crippen molar-refractivity contribution in [2.75, 3.05) is 33.4 Å². The van der Waals surface area contributed by atoms with Crippen molar-refractivity contribution in [3.05, 3.63) is 62.3 Å². The molecule has 4 saturated heterocycles. The summed E-state index contributed by atoms with van der Waals surface area (Å²) < 4.78 is 39.3. The van der Waals surface area contributed by atoms with Crippen molar-refractivity contribution in [3.63, 3.8) is 0 Å². The fourth-order valence-electron chi connectivity index (χ4n) is 14.4. The van der Waals surface area contributed by atoms with Gasteiger partial charge in [-0.15, -0.1) is 0 Å². The molecule has 0 spiro atoms. The molecule has 1 aromatic rings. The van der Waals surface area contributed by atoms with Gasteiger partial charge in [0.2, 0.25) is 0 Å². The average Bonchev–Trinajstić information content (AvgIpc) is 3.56. The third kappa shape index (κ3) is 13.7. The number of methoxy groups -OCH3 is 1. The Morgan fingerprint density at radius 3 is 2.12 bits per heavy atom. The Morgan fingerprint density at radius 2 is 1.49 bits per heavy atom. The molecule has 1 unspecified atom stereocenters. The normalized spacial score (nSPS) is 28.7. The van der Waals surface area contributed by atoms with E-state index in [0.29, 0.717) is 24.5 Å². The Bertz CT molecular complexity index is 1630. The molecule has 8 atom stereocenters. The van der Waals surface area contributed by atoms with E-state index in [2.05, 4.69) is 131 Å². The van der Waals surface area contributed by atoms with E-state index in [9.17, 15) is 0 Å². The predicted octanol–water partition coefficient (Wildman–Crippen LogP) is 16.2. The van der Waals surface area contributed by atoms with Gasteiger partial charge in [0, 0.05) is 0 Å². The van der Waals surface area contributed by atoms with Crippen molar-refractivity contribution in [2.45, 2.75) is 238 Å². The van der Waals surface area contributed by atoms with Crippen molar-refractivity contribution in [3.8, 4) is 5.75 Å². The van der Waals surface area contributed by atoms with Crippen LogP contribution in [-0.2, 0) is 20.5 Å². The van der Waals surface area contributed by atoms with Gasteiger partial charge in [-0.05, 0) is 4.08 Å². The molecular weight excluding hydrogens is 1060 g/mol. The number of halogens is 1. The number of hydrogen-bond acceptors (Lipinski definition) is 6. The third-order valence-corrected chi connectivity index (χ3v) is 37.4. The average molecular weight is 1160 g/mol. The second kappa shape index (κ2) is 28.3. The maximum absolute atomic E-state index is 8.28. The molecule has 4 aliphatic heterocycles. The van der Waals surface area contributed by atoms with Gasteiger partial charge in [0.15, 0.2) is 0 Å². The van der Waals surface area contributed by atoms with E-state index in [1.54, 1.807) is 7.11 Å². The van der Waals surface area contributed by atoms with E-state index >= 15 is 0 Å². The number of rotatable bonds is 27. The van der Waals surface area contributed by atoms with E-state index in [-0.39, 0.29) is 29.4 Å². The first-order chi connectivity index (χ1) is 32.8. The van der Waals surface area contributed by atoms with Crippen LogP contribution in [0.2, 0.25) is 31.4 Å². The van der Waals surface area contributed by atoms with Crippen LogP contribution in [0.25, 0.3) is 0 Å². The molecule has 6 rings (SSSR count). The maximum atomic E-state index is 8.28. The molecule has 1 aliphatic carbocycles. The summed E-state index contributed by atoms with van der Waals surface area (Å²) in [5.74, 6) is 2.12. The Labute approximate surface area is 431 Å². The van der Waals surface area contributed by atoms with Gasteiger partial charge in [-0.3, -0.25) is 0 Å². The number of ether oxygens (including phenoxy) is 3. The number of nitrogens with zero attached hydrogens (tertiary/aromatic N) is 2. The van der Waals surface area contributed by atoms with Crippen LogP contribution < -0.4 is 4.74 Å². The minimum atomic E-state index is -2.79. The van der Waals surface area contributed by atoms with Crippen LogP contribution in [0.1, 0.15) is 176 Å². The van der Waals surface area contributed by atoms with Crippen molar-refractivity contribution in [2.24, 2.45) is 17.3 Å². The van der Waals surface area contributed by atoms with Gasteiger partial charge in [-0.2, -0.15) is 0 Å². The van der Waals surface area contributed by atoms with E-state index in [4.69, 9.17) is 18.6 Å². The number of allylic oxidation sites excluding steroid dienone is 3. The fourth-order valence-corrected chi connectivity index (χ4v) is 31.8. The summed E-state index contributed by atoms with van der Waals surface area (Å²) >= 11 is -0.444. The van der Waals surface area contributed by atoms with Crippen LogP contribution in [-0.4, -0.2) is 99.9 Å². The molecule has 380 valence electrons. The van der Waals surface area contributed by atoms with E-state index < -0.39 is 26.7 Å². The molecule has 0 N–H and O–H groups in total. The molecule has 67 heavy (non-hydrogen) atoms. The van der Waals surface area contributed by atoms with Crippen LogP contribution in [0.5, 0.6) is 5.75 Å². The molecule has 9 heteroatoms. The van der Waals surface area contributed by atoms with Gasteiger partial charge in [0.25, 0.3) is 0 Å². The van der Waals surface area contributed by atoms with Crippen LogP contribution >= 0.6 is 22.6 Å². The van der Waals surface area contributed by atoms with E-state index in [1.807, 2.05) is 0 Å². The molecule has 6 nitrogen and oxygen atoms in total. The molecule has 5 fully saturated rings. The molecule has 0 aromatic heterocycles. The Kier molecular flexibility index (Phi) is 23.7. The first-order valence-electron chi connectivity index (χ1n) is 28.4. The third-order valence-electron chi connectivity index (χ3n) is 18.1. The van der Waals surface area contributed by atoms with Crippen LogP contribution in [0, 0.1) is 17.3 Å². The quantitative estimate of drug-likeness (QED) is 0.0497. The zero-order chi connectivity index (χ0) is 47.6. The molecular formula is C58H99IN2O4SiSn. The first kappa shape index (κ1) is 56.1. The predicted molar refractivity (Wildman–Crippen MR) is 299 cm³/mol.